The minimum absolute atomic E-state index is 0.138. The van der Waals surface area contributed by atoms with E-state index in [1.165, 1.54) is 0 Å². The van der Waals surface area contributed by atoms with Crippen molar-refractivity contribution in [3.63, 3.8) is 0 Å². The first-order valence-electron chi connectivity index (χ1n) is 6.19. The first-order valence-corrected chi connectivity index (χ1v) is 6.19. The van der Waals surface area contributed by atoms with Gasteiger partial charge in [0.15, 0.2) is 0 Å². The van der Waals surface area contributed by atoms with Crippen molar-refractivity contribution in [2.75, 3.05) is 6.61 Å². The molecule has 17 heavy (non-hydrogen) atoms. The summed E-state index contributed by atoms with van der Waals surface area (Å²) in [5.41, 5.74) is 1.12. The summed E-state index contributed by atoms with van der Waals surface area (Å²) in [6.45, 7) is 2.27. The molecule has 0 bridgehead atoms. The van der Waals surface area contributed by atoms with Gasteiger partial charge in [-0.2, -0.15) is 0 Å². The first kappa shape index (κ1) is 12.0. The highest BCUT2D eigenvalue weighted by atomic mass is 16.5. The van der Waals surface area contributed by atoms with Crippen LogP contribution in [0.5, 0.6) is 5.75 Å². The van der Waals surface area contributed by atoms with Crippen LogP contribution in [-0.4, -0.2) is 18.7 Å². The van der Waals surface area contributed by atoms with Crippen molar-refractivity contribution in [3.05, 3.63) is 29.8 Å². The van der Waals surface area contributed by atoms with Gasteiger partial charge in [-0.3, -0.25) is 4.79 Å². The van der Waals surface area contributed by atoms with Gasteiger partial charge in [-0.05, 0) is 43.9 Å². The highest BCUT2D eigenvalue weighted by Gasteiger charge is 2.23. The second kappa shape index (κ2) is 5.71. The highest BCUT2D eigenvalue weighted by molar-refractivity contribution is 5.69. The Balaban J connectivity index is 1.84. The average molecular weight is 234 g/mol. The van der Waals surface area contributed by atoms with Gasteiger partial charge in [0.2, 0.25) is 0 Å². The second-order valence-corrected chi connectivity index (χ2v) is 4.27. The maximum Gasteiger partial charge on any atom is 0.306 e. The zero-order chi connectivity index (χ0) is 12.1. The number of ether oxygens (including phenoxy) is 2. The topological polar surface area (TPSA) is 35.5 Å². The third-order valence-corrected chi connectivity index (χ3v) is 2.65. The van der Waals surface area contributed by atoms with Crippen LogP contribution < -0.4 is 4.74 Å². The smallest absolute Gasteiger partial charge is 0.306 e. The minimum Gasteiger partial charge on any atom is -0.490 e. The SMILES string of the molecule is CCOC(=O)CCc1cccc(OC2CC2)c1. The molecule has 3 heteroatoms. The standard InChI is InChI=1S/C14H18O3/c1-2-16-14(15)9-6-11-4-3-5-13(10-11)17-12-7-8-12/h3-5,10,12H,2,6-9H2,1H3. The van der Waals surface area contributed by atoms with Crippen LogP contribution in [-0.2, 0) is 16.0 Å². The minimum atomic E-state index is -0.138. The van der Waals surface area contributed by atoms with Crippen molar-refractivity contribution in [2.45, 2.75) is 38.7 Å². The molecule has 2 rings (SSSR count). The Morgan fingerprint density at radius 3 is 2.94 bits per heavy atom. The Labute approximate surface area is 102 Å². The van der Waals surface area contributed by atoms with Gasteiger partial charge in [0.25, 0.3) is 0 Å². The third-order valence-electron chi connectivity index (χ3n) is 2.65. The third kappa shape index (κ3) is 4.10. The molecule has 1 fully saturated rings. The fourth-order valence-corrected chi connectivity index (χ4v) is 1.63. The molecule has 1 saturated carbocycles. The van der Waals surface area contributed by atoms with Gasteiger partial charge in [0.1, 0.15) is 5.75 Å². The predicted octanol–water partition coefficient (Wildman–Crippen LogP) is 2.72. The summed E-state index contributed by atoms with van der Waals surface area (Å²) in [7, 11) is 0. The lowest BCUT2D eigenvalue weighted by Crippen LogP contribution is -2.05. The van der Waals surface area contributed by atoms with E-state index < -0.39 is 0 Å². The van der Waals surface area contributed by atoms with Gasteiger partial charge in [0, 0.05) is 6.42 Å². The summed E-state index contributed by atoms with van der Waals surface area (Å²) in [6, 6.07) is 7.96. The number of carbonyl (C=O) groups is 1. The van der Waals surface area contributed by atoms with Gasteiger partial charge in [-0.1, -0.05) is 12.1 Å². The van der Waals surface area contributed by atoms with E-state index in [9.17, 15) is 4.79 Å². The van der Waals surface area contributed by atoms with Crippen molar-refractivity contribution in [3.8, 4) is 5.75 Å². The largest absolute Gasteiger partial charge is 0.490 e. The van der Waals surface area contributed by atoms with Gasteiger partial charge >= 0.3 is 5.97 Å². The molecular weight excluding hydrogens is 216 g/mol. The van der Waals surface area contributed by atoms with E-state index in [4.69, 9.17) is 9.47 Å². The highest BCUT2D eigenvalue weighted by Crippen LogP contribution is 2.27. The normalized spacial score (nSPS) is 14.4. The molecule has 1 aliphatic carbocycles. The lowest BCUT2D eigenvalue weighted by Gasteiger charge is -2.06. The van der Waals surface area contributed by atoms with Crippen LogP contribution >= 0.6 is 0 Å². The van der Waals surface area contributed by atoms with Crippen LogP contribution in [0.4, 0.5) is 0 Å². The summed E-state index contributed by atoms with van der Waals surface area (Å²) in [4.78, 5) is 11.2. The van der Waals surface area contributed by atoms with Crippen LogP contribution in [0.15, 0.2) is 24.3 Å². The quantitative estimate of drug-likeness (QED) is 0.710. The summed E-state index contributed by atoms with van der Waals surface area (Å²) in [6.07, 6.45) is 3.87. The van der Waals surface area contributed by atoms with Crippen LogP contribution in [0, 0.1) is 0 Å². The molecule has 92 valence electrons. The number of rotatable bonds is 6. The van der Waals surface area contributed by atoms with E-state index in [0.717, 1.165) is 24.2 Å². The van der Waals surface area contributed by atoms with Gasteiger partial charge in [0.05, 0.1) is 12.7 Å². The van der Waals surface area contributed by atoms with Gasteiger partial charge in [-0.25, -0.2) is 0 Å². The van der Waals surface area contributed by atoms with E-state index in [0.29, 0.717) is 25.6 Å². The molecule has 0 amide bonds. The zero-order valence-corrected chi connectivity index (χ0v) is 10.1. The Kier molecular flexibility index (Phi) is 4.02. The molecule has 0 radical (unpaired) electrons. The fourth-order valence-electron chi connectivity index (χ4n) is 1.63. The molecule has 0 atom stereocenters. The number of hydrogen-bond donors (Lipinski definition) is 0. The molecule has 3 nitrogen and oxygen atoms in total. The van der Waals surface area contributed by atoms with Crippen LogP contribution in [0.3, 0.4) is 0 Å². The van der Waals surface area contributed by atoms with Crippen molar-refractivity contribution < 1.29 is 14.3 Å². The lowest BCUT2D eigenvalue weighted by molar-refractivity contribution is -0.143. The molecule has 0 spiro atoms. The molecule has 1 aromatic carbocycles. The zero-order valence-electron chi connectivity index (χ0n) is 10.1. The number of benzene rings is 1. The summed E-state index contributed by atoms with van der Waals surface area (Å²) >= 11 is 0. The molecular formula is C14H18O3. The van der Waals surface area contributed by atoms with Gasteiger partial charge < -0.3 is 9.47 Å². The Morgan fingerprint density at radius 1 is 1.41 bits per heavy atom. The summed E-state index contributed by atoms with van der Waals surface area (Å²) in [5.74, 6) is 0.773. The maximum atomic E-state index is 11.2. The van der Waals surface area contributed by atoms with Gasteiger partial charge in [-0.15, -0.1) is 0 Å². The van der Waals surface area contributed by atoms with Crippen molar-refractivity contribution in [1.82, 2.24) is 0 Å². The molecule has 0 unspecified atom stereocenters. The maximum absolute atomic E-state index is 11.2. The van der Waals surface area contributed by atoms with Crippen LogP contribution in [0.2, 0.25) is 0 Å². The van der Waals surface area contributed by atoms with Crippen molar-refractivity contribution in [1.29, 1.82) is 0 Å². The number of hydrogen-bond acceptors (Lipinski definition) is 3. The molecule has 0 heterocycles. The summed E-state index contributed by atoms with van der Waals surface area (Å²) in [5, 5.41) is 0. The monoisotopic (exact) mass is 234 g/mol. The predicted molar refractivity (Wildman–Crippen MR) is 65.0 cm³/mol. The van der Waals surface area contributed by atoms with E-state index in [1.54, 1.807) is 0 Å². The summed E-state index contributed by atoms with van der Waals surface area (Å²) < 4.78 is 10.6. The fraction of sp³-hybridized carbons (Fsp3) is 0.500. The average Bonchev–Trinajstić information content (AvgIpc) is 3.11. The molecule has 0 aliphatic heterocycles. The molecule has 1 aromatic rings. The molecule has 0 N–H and O–H groups in total. The first-order chi connectivity index (χ1) is 8.28. The Morgan fingerprint density at radius 2 is 2.24 bits per heavy atom. The Bertz CT molecular complexity index is 383. The number of aryl methyl sites for hydroxylation is 1. The molecule has 0 saturated heterocycles. The second-order valence-electron chi connectivity index (χ2n) is 4.27. The van der Waals surface area contributed by atoms with E-state index in [1.807, 2.05) is 31.2 Å². The lowest BCUT2D eigenvalue weighted by atomic mass is 10.1. The van der Waals surface area contributed by atoms with Crippen molar-refractivity contribution >= 4 is 5.97 Å². The number of carbonyl (C=O) groups excluding carboxylic acids is 1. The van der Waals surface area contributed by atoms with Crippen LogP contribution in [0.25, 0.3) is 0 Å². The molecule has 0 aromatic heterocycles. The van der Waals surface area contributed by atoms with E-state index >= 15 is 0 Å². The Hall–Kier alpha value is -1.51. The van der Waals surface area contributed by atoms with E-state index in [-0.39, 0.29) is 5.97 Å². The van der Waals surface area contributed by atoms with Crippen LogP contribution in [0.1, 0.15) is 31.7 Å². The molecule has 1 aliphatic rings. The van der Waals surface area contributed by atoms with E-state index in [2.05, 4.69) is 0 Å². The van der Waals surface area contributed by atoms with Crippen molar-refractivity contribution in [2.24, 2.45) is 0 Å². The number of esters is 1.